The monoisotopic (exact) mass is 319 g/mol. The first-order valence-corrected chi connectivity index (χ1v) is 8.33. The Hall–Kier alpha value is -0.660. The second-order valence-electron chi connectivity index (χ2n) is 4.85. The smallest absolute Gasteiger partial charge is 0.253 e. The zero-order chi connectivity index (χ0) is 15.3. The molecule has 0 saturated carbocycles. The van der Waals surface area contributed by atoms with Crippen LogP contribution < -0.4 is 10.1 Å². The fraction of sp³-hybridized carbons (Fsp3) is 0.538. The normalized spacial score (nSPS) is 12.1. The molecule has 0 atom stereocenters. The molecule has 1 rings (SSSR count). The number of nitrogens with one attached hydrogen (secondary N) is 2. The Labute approximate surface area is 126 Å². The lowest BCUT2D eigenvalue weighted by molar-refractivity contribution is 0.364. The van der Waals surface area contributed by atoms with Crippen LogP contribution in [0.25, 0.3) is 0 Å². The maximum absolute atomic E-state index is 12.3. The fourth-order valence-corrected chi connectivity index (χ4v) is 3.56. The first kappa shape index (κ1) is 17.4. The van der Waals surface area contributed by atoms with E-state index in [4.69, 9.17) is 11.6 Å². The molecule has 7 heteroatoms. The first-order chi connectivity index (χ1) is 9.27. The lowest BCUT2D eigenvalue weighted by Crippen LogP contribution is -2.36. The minimum absolute atomic E-state index is 0.215. The van der Waals surface area contributed by atoms with E-state index in [1.165, 1.54) is 11.1 Å². The predicted molar refractivity (Wildman–Crippen MR) is 82.2 cm³/mol. The molecular formula is C13H22ClN3O2S. The standard InChI is InChI=1S/C13H22ClN3O2S/c1-5-6-15-9-11-7-12(14)8-13(10(11)2)20(18,19)16-17(3)4/h7-8,15-16H,5-6,9H2,1-4H3. The number of nitrogens with zero attached hydrogens (tertiary/aromatic N) is 1. The largest absolute Gasteiger partial charge is 0.313 e. The molecule has 0 saturated heterocycles. The number of benzene rings is 1. The Morgan fingerprint density at radius 3 is 2.50 bits per heavy atom. The van der Waals surface area contributed by atoms with Gasteiger partial charge in [-0.25, -0.2) is 13.4 Å². The highest BCUT2D eigenvalue weighted by molar-refractivity contribution is 7.89. The predicted octanol–water partition coefficient (Wildman–Crippen LogP) is 1.90. The molecule has 0 unspecified atom stereocenters. The molecule has 0 spiro atoms. The number of rotatable bonds is 7. The molecule has 2 N–H and O–H groups in total. The minimum Gasteiger partial charge on any atom is -0.313 e. The highest BCUT2D eigenvalue weighted by Gasteiger charge is 2.20. The second kappa shape index (κ2) is 7.38. The van der Waals surface area contributed by atoms with Crippen molar-refractivity contribution >= 4 is 21.6 Å². The molecule has 0 aromatic heterocycles. The van der Waals surface area contributed by atoms with E-state index in [1.807, 2.05) is 0 Å². The molecule has 114 valence electrons. The highest BCUT2D eigenvalue weighted by Crippen LogP contribution is 2.24. The molecule has 0 aliphatic rings. The second-order valence-corrected chi connectivity index (χ2v) is 6.92. The lowest BCUT2D eigenvalue weighted by atomic mass is 10.1. The van der Waals surface area contributed by atoms with Crippen LogP contribution in [-0.4, -0.2) is 34.1 Å². The lowest BCUT2D eigenvalue weighted by Gasteiger charge is -2.17. The third-order valence-corrected chi connectivity index (χ3v) is 4.59. The van der Waals surface area contributed by atoms with E-state index in [9.17, 15) is 8.42 Å². The van der Waals surface area contributed by atoms with Gasteiger partial charge in [0.1, 0.15) is 0 Å². The Morgan fingerprint density at radius 1 is 1.30 bits per heavy atom. The minimum atomic E-state index is -3.60. The summed E-state index contributed by atoms with van der Waals surface area (Å²) in [5.41, 5.74) is 1.61. The quantitative estimate of drug-likeness (QED) is 0.595. The summed E-state index contributed by atoms with van der Waals surface area (Å²) in [6.07, 6.45) is 1.02. The van der Waals surface area contributed by atoms with E-state index in [0.29, 0.717) is 17.1 Å². The summed E-state index contributed by atoms with van der Waals surface area (Å²) in [7, 11) is -0.350. The Bertz CT molecular complexity index is 559. The Morgan fingerprint density at radius 2 is 1.95 bits per heavy atom. The summed E-state index contributed by atoms with van der Waals surface area (Å²) in [5, 5.41) is 5.07. The van der Waals surface area contributed by atoms with E-state index >= 15 is 0 Å². The van der Waals surface area contributed by atoms with Gasteiger partial charge in [-0.3, -0.25) is 0 Å². The number of hydrazine groups is 1. The number of halogens is 1. The van der Waals surface area contributed by atoms with E-state index in [0.717, 1.165) is 18.5 Å². The van der Waals surface area contributed by atoms with Crippen LogP contribution in [0.4, 0.5) is 0 Å². The SMILES string of the molecule is CCCNCc1cc(Cl)cc(S(=O)(=O)NN(C)C)c1C. The zero-order valence-corrected chi connectivity index (χ0v) is 13.9. The molecular weight excluding hydrogens is 298 g/mol. The summed E-state index contributed by atoms with van der Waals surface area (Å²) >= 11 is 6.04. The maximum Gasteiger partial charge on any atom is 0.253 e. The van der Waals surface area contributed by atoms with E-state index in [1.54, 1.807) is 27.1 Å². The highest BCUT2D eigenvalue weighted by atomic mass is 35.5. The van der Waals surface area contributed by atoms with Crippen LogP contribution in [0, 0.1) is 6.92 Å². The Balaban J connectivity index is 3.14. The van der Waals surface area contributed by atoms with Crippen molar-refractivity contribution in [3.05, 3.63) is 28.3 Å². The van der Waals surface area contributed by atoms with Gasteiger partial charge in [-0.05, 0) is 43.1 Å². The molecule has 20 heavy (non-hydrogen) atoms. The third-order valence-electron chi connectivity index (χ3n) is 2.77. The van der Waals surface area contributed by atoms with Gasteiger partial charge < -0.3 is 5.32 Å². The topological polar surface area (TPSA) is 61.4 Å². The summed E-state index contributed by atoms with van der Waals surface area (Å²) in [4.78, 5) is 2.64. The van der Waals surface area contributed by atoms with Gasteiger partial charge in [0.15, 0.2) is 0 Å². The van der Waals surface area contributed by atoms with Crippen molar-refractivity contribution in [3.63, 3.8) is 0 Å². The first-order valence-electron chi connectivity index (χ1n) is 6.47. The molecule has 0 aliphatic heterocycles. The molecule has 1 aromatic rings. The van der Waals surface area contributed by atoms with Crippen molar-refractivity contribution < 1.29 is 8.42 Å². The van der Waals surface area contributed by atoms with Crippen LogP contribution in [0.5, 0.6) is 0 Å². The molecule has 5 nitrogen and oxygen atoms in total. The molecule has 0 fully saturated rings. The zero-order valence-electron chi connectivity index (χ0n) is 12.3. The van der Waals surface area contributed by atoms with Crippen molar-refractivity contribution in [2.75, 3.05) is 20.6 Å². The summed E-state index contributed by atoms with van der Waals surface area (Å²) in [6.45, 7) is 5.35. The van der Waals surface area contributed by atoms with Gasteiger partial charge in [-0.1, -0.05) is 18.5 Å². The van der Waals surface area contributed by atoms with Gasteiger partial charge in [-0.15, -0.1) is 4.83 Å². The average Bonchev–Trinajstić information content (AvgIpc) is 2.31. The summed E-state index contributed by atoms with van der Waals surface area (Å²) in [5.74, 6) is 0. The van der Waals surface area contributed by atoms with Gasteiger partial charge in [-0.2, -0.15) is 0 Å². The van der Waals surface area contributed by atoms with E-state index in [2.05, 4.69) is 17.1 Å². The van der Waals surface area contributed by atoms with Crippen molar-refractivity contribution in [1.29, 1.82) is 0 Å². The fourth-order valence-electron chi connectivity index (χ4n) is 1.86. The number of sulfonamides is 1. The molecule has 0 aliphatic carbocycles. The molecule has 0 heterocycles. The van der Waals surface area contributed by atoms with Crippen LogP contribution in [0.2, 0.25) is 5.02 Å². The molecule has 1 aromatic carbocycles. The van der Waals surface area contributed by atoms with Crippen LogP contribution >= 0.6 is 11.6 Å². The summed E-state index contributed by atoms with van der Waals surface area (Å²) < 4.78 is 24.5. The van der Waals surface area contributed by atoms with Crippen molar-refractivity contribution in [2.24, 2.45) is 0 Å². The third kappa shape index (κ3) is 4.71. The molecule has 0 amide bonds. The van der Waals surface area contributed by atoms with Crippen molar-refractivity contribution in [2.45, 2.75) is 31.7 Å². The maximum atomic E-state index is 12.3. The number of hydrogen-bond donors (Lipinski definition) is 2. The van der Waals surface area contributed by atoms with Crippen LogP contribution in [0.1, 0.15) is 24.5 Å². The van der Waals surface area contributed by atoms with E-state index < -0.39 is 10.0 Å². The van der Waals surface area contributed by atoms with E-state index in [-0.39, 0.29) is 4.90 Å². The van der Waals surface area contributed by atoms with Gasteiger partial charge in [0, 0.05) is 25.7 Å². The molecule has 0 radical (unpaired) electrons. The van der Waals surface area contributed by atoms with Gasteiger partial charge >= 0.3 is 0 Å². The van der Waals surface area contributed by atoms with Crippen molar-refractivity contribution in [3.8, 4) is 0 Å². The summed E-state index contributed by atoms with van der Waals surface area (Å²) in [6, 6.07) is 3.28. The van der Waals surface area contributed by atoms with Crippen LogP contribution in [-0.2, 0) is 16.6 Å². The van der Waals surface area contributed by atoms with Crippen LogP contribution in [0.15, 0.2) is 17.0 Å². The molecule has 0 bridgehead atoms. The Kier molecular flexibility index (Phi) is 6.42. The average molecular weight is 320 g/mol. The van der Waals surface area contributed by atoms with Gasteiger partial charge in [0.25, 0.3) is 10.0 Å². The number of hydrogen-bond acceptors (Lipinski definition) is 4. The van der Waals surface area contributed by atoms with Gasteiger partial charge in [0.05, 0.1) is 4.90 Å². The van der Waals surface area contributed by atoms with Crippen LogP contribution in [0.3, 0.4) is 0 Å². The van der Waals surface area contributed by atoms with Gasteiger partial charge in [0.2, 0.25) is 0 Å². The van der Waals surface area contributed by atoms with Crippen molar-refractivity contribution in [1.82, 2.24) is 15.2 Å².